The van der Waals surface area contributed by atoms with Gasteiger partial charge in [-0.15, -0.1) is 0 Å². The smallest absolute Gasteiger partial charge is 0.254 e. The molecule has 0 aliphatic rings. The van der Waals surface area contributed by atoms with Gasteiger partial charge in [-0.3, -0.25) is 14.9 Å². The maximum atomic E-state index is 13.1. The molecule has 2 heterocycles. The van der Waals surface area contributed by atoms with Gasteiger partial charge in [0.25, 0.3) is 5.91 Å². The number of benzene rings is 2. The molecule has 1 amide bonds. The summed E-state index contributed by atoms with van der Waals surface area (Å²) in [7, 11) is 1.80. The number of ether oxygens (including phenoxy) is 1. The maximum Gasteiger partial charge on any atom is 0.254 e. The summed E-state index contributed by atoms with van der Waals surface area (Å²) in [5, 5.41) is 8.13. The Morgan fingerprint density at radius 1 is 1.14 bits per heavy atom. The van der Waals surface area contributed by atoms with E-state index in [1.165, 1.54) is 0 Å². The van der Waals surface area contributed by atoms with Crippen LogP contribution in [0.4, 0.5) is 0 Å². The van der Waals surface area contributed by atoms with Gasteiger partial charge in [0.1, 0.15) is 5.75 Å². The van der Waals surface area contributed by atoms with Crippen LogP contribution in [-0.4, -0.2) is 39.6 Å². The molecule has 29 heavy (non-hydrogen) atoms. The average Bonchev–Trinajstić information content (AvgIpc) is 3.24. The van der Waals surface area contributed by atoms with Crippen molar-refractivity contribution in [1.29, 1.82) is 0 Å². The van der Waals surface area contributed by atoms with Crippen molar-refractivity contribution in [1.82, 2.24) is 20.1 Å². The van der Waals surface area contributed by atoms with E-state index in [0.29, 0.717) is 24.5 Å². The SMILES string of the molecule is CCOc1cc(C(=O)N(C)Cc2cccc3cn[nH]c23)ccc1-c1ccccn1. The van der Waals surface area contributed by atoms with Crippen LogP contribution < -0.4 is 4.74 Å². The first-order chi connectivity index (χ1) is 14.2. The van der Waals surface area contributed by atoms with Crippen molar-refractivity contribution in [3.05, 3.63) is 78.1 Å². The Morgan fingerprint density at radius 3 is 2.83 bits per heavy atom. The van der Waals surface area contributed by atoms with Gasteiger partial charge in [-0.2, -0.15) is 5.10 Å². The van der Waals surface area contributed by atoms with Gasteiger partial charge in [0, 0.05) is 36.3 Å². The van der Waals surface area contributed by atoms with Crippen molar-refractivity contribution in [2.75, 3.05) is 13.7 Å². The van der Waals surface area contributed by atoms with Crippen molar-refractivity contribution in [3.63, 3.8) is 0 Å². The van der Waals surface area contributed by atoms with E-state index in [4.69, 9.17) is 4.74 Å². The molecule has 2 aromatic carbocycles. The molecule has 1 N–H and O–H groups in total. The number of rotatable bonds is 6. The first-order valence-electron chi connectivity index (χ1n) is 9.52. The summed E-state index contributed by atoms with van der Waals surface area (Å²) in [4.78, 5) is 19.1. The monoisotopic (exact) mass is 386 g/mol. The number of aromatic nitrogens is 3. The Bertz CT molecular complexity index is 1140. The predicted molar refractivity (Wildman–Crippen MR) is 113 cm³/mol. The van der Waals surface area contributed by atoms with Crippen molar-refractivity contribution < 1.29 is 9.53 Å². The molecule has 0 atom stereocenters. The van der Waals surface area contributed by atoms with E-state index in [9.17, 15) is 4.79 Å². The van der Waals surface area contributed by atoms with Gasteiger partial charge in [0.05, 0.1) is 24.0 Å². The number of hydrogen-bond donors (Lipinski definition) is 1. The number of aromatic amines is 1. The van der Waals surface area contributed by atoms with E-state index >= 15 is 0 Å². The van der Waals surface area contributed by atoms with E-state index in [-0.39, 0.29) is 5.91 Å². The molecular weight excluding hydrogens is 364 g/mol. The molecule has 146 valence electrons. The summed E-state index contributed by atoms with van der Waals surface area (Å²) in [6.45, 7) is 2.91. The molecule has 0 radical (unpaired) electrons. The highest BCUT2D eigenvalue weighted by Crippen LogP contribution is 2.30. The van der Waals surface area contributed by atoms with Crippen molar-refractivity contribution in [2.45, 2.75) is 13.5 Å². The van der Waals surface area contributed by atoms with Gasteiger partial charge in [-0.1, -0.05) is 24.3 Å². The van der Waals surface area contributed by atoms with Gasteiger partial charge >= 0.3 is 0 Å². The normalized spacial score (nSPS) is 10.8. The Hall–Kier alpha value is -3.67. The lowest BCUT2D eigenvalue weighted by molar-refractivity contribution is 0.0785. The molecule has 6 heteroatoms. The number of carbonyl (C=O) groups excluding carboxylic acids is 1. The fourth-order valence-electron chi connectivity index (χ4n) is 3.37. The number of nitrogens with zero attached hydrogens (tertiary/aromatic N) is 3. The standard InChI is InChI=1S/C23H22N4O2/c1-3-29-21-13-16(10-11-19(21)20-9-4-5-12-24-20)23(28)27(2)15-18-8-6-7-17-14-25-26-22(17)18/h4-14H,3,15H2,1-2H3,(H,25,26). The fourth-order valence-corrected chi connectivity index (χ4v) is 3.37. The molecule has 0 saturated heterocycles. The van der Waals surface area contributed by atoms with E-state index < -0.39 is 0 Å². The van der Waals surface area contributed by atoms with Crippen molar-refractivity contribution in [2.24, 2.45) is 0 Å². The molecule has 0 unspecified atom stereocenters. The minimum atomic E-state index is -0.0740. The van der Waals surface area contributed by atoms with Crippen molar-refractivity contribution >= 4 is 16.8 Å². The molecule has 0 spiro atoms. The summed E-state index contributed by atoms with van der Waals surface area (Å²) in [5.41, 5.74) is 4.23. The average molecular weight is 386 g/mol. The molecular formula is C23H22N4O2. The molecule has 0 aliphatic carbocycles. The summed E-state index contributed by atoms with van der Waals surface area (Å²) >= 11 is 0. The molecule has 0 bridgehead atoms. The van der Waals surface area contributed by atoms with Gasteiger partial charge in [-0.05, 0) is 42.8 Å². The lowest BCUT2D eigenvalue weighted by atomic mass is 10.1. The Balaban J connectivity index is 1.61. The molecule has 0 fully saturated rings. The highest BCUT2D eigenvalue weighted by Gasteiger charge is 2.17. The van der Waals surface area contributed by atoms with E-state index in [0.717, 1.165) is 27.7 Å². The van der Waals surface area contributed by atoms with Gasteiger partial charge in [0.2, 0.25) is 0 Å². The molecule has 6 nitrogen and oxygen atoms in total. The first-order valence-corrected chi connectivity index (χ1v) is 9.52. The van der Waals surface area contributed by atoms with Crippen LogP contribution >= 0.6 is 0 Å². The maximum absolute atomic E-state index is 13.1. The van der Waals surface area contributed by atoms with Crippen molar-refractivity contribution in [3.8, 4) is 17.0 Å². The van der Waals surface area contributed by atoms with Crippen LogP contribution in [0.25, 0.3) is 22.2 Å². The zero-order valence-corrected chi connectivity index (χ0v) is 16.4. The second kappa shape index (κ2) is 8.14. The largest absolute Gasteiger partial charge is 0.493 e. The number of fused-ring (bicyclic) bond motifs is 1. The number of nitrogens with one attached hydrogen (secondary N) is 1. The lowest BCUT2D eigenvalue weighted by Crippen LogP contribution is -2.26. The Kier molecular flexibility index (Phi) is 5.24. The van der Waals surface area contributed by atoms with E-state index in [1.54, 1.807) is 30.4 Å². The number of hydrogen-bond acceptors (Lipinski definition) is 4. The summed E-state index contributed by atoms with van der Waals surface area (Å²) < 4.78 is 5.80. The Morgan fingerprint density at radius 2 is 2.03 bits per heavy atom. The van der Waals surface area contributed by atoms with Crippen LogP contribution in [-0.2, 0) is 6.54 Å². The first kappa shape index (κ1) is 18.7. The fraction of sp³-hybridized carbons (Fsp3) is 0.174. The zero-order chi connectivity index (χ0) is 20.2. The number of H-pyrrole nitrogens is 1. The van der Waals surface area contributed by atoms with Crippen LogP contribution in [0.3, 0.4) is 0 Å². The van der Waals surface area contributed by atoms with Crippen LogP contribution in [0.2, 0.25) is 0 Å². The third-order valence-corrected chi connectivity index (χ3v) is 4.79. The second-order valence-electron chi connectivity index (χ2n) is 6.77. The van der Waals surface area contributed by atoms with Crippen LogP contribution in [0.1, 0.15) is 22.8 Å². The highest BCUT2D eigenvalue weighted by molar-refractivity contribution is 5.95. The molecule has 4 rings (SSSR count). The Labute approximate surface area is 169 Å². The quantitative estimate of drug-likeness (QED) is 0.536. The third kappa shape index (κ3) is 3.82. The van der Waals surface area contributed by atoms with Crippen LogP contribution in [0.5, 0.6) is 5.75 Å². The van der Waals surface area contributed by atoms with Crippen LogP contribution in [0.15, 0.2) is 67.0 Å². The van der Waals surface area contributed by atoms with E-state index in [2.05, 4.69) is 15.2 Å². The minimum absolute atomic E-state index is 0.0740. The summed E-state index contributed by atoms with van der Waals surface area (Å²) in [6.07, 6.45) is 3.53. The number of para-hydroxylation sites is 1. The molecule has 4 aromatic rings. The van der Waals surface area contributed by atoms with Crippen LogP contribution in [0, 0.1) is 0 Å². The topological polar surface area (TPSA) is 71.1 Å². The predicted octanol–water partition coefficient (Wildman–Crippen LogP) is 4.30. The molecule has 2 aromatic heterocycles. The van der Waals surface area contributed by atoms with Gasteiger partial charge < -0.3 is 9.64 Å². The van der Waals surface area contributed by atoms with E-state index in [1.807, 2.05) is 55.5 Å². The molecule has 0 aliphatic heterocycles. The number of carbonyl (C=O) groups is 1. The number of pyridine rings is 1. The third-order valence-electron chi connectivity index (χ3n) is 4.79. The summed E-state index contributed by atoms with van der Waals surface area (Å²) in [6, 6.07) is 17.2. The van der Waals surface area contributed by atoms with Gasteiger partial charge in [-0.25, -0.2) is 0 Å². The second-order valence-corrected chi connectivity index (χ2v) is 6.77. The zero-order valence-electron chi connectivity index (χ0n) is 16.4. The number of amides is 1. The minimum Gasteiger partial charge on any atom is -0.493 e. The summed E-state index contributed by atoms with van der Waals surface area (Å²) in [5.74, 6) is 0.580. The van der Waals surface area contributed by atoms with Gasteiger partial charge in [0.15, 0.2) is 0 Å². The highest BCUT2D eigenvalue weighted by atomic mass is 16.5. The lowest BCUT2D eigenvalue weighted by Gasteiger charge is -2.19. The molecule has 0 saturated carbocycles.